The average molecular weight is 273 g/mol. The molecule has 1 N–H and O–H groups in total. The van der Waals surface area contributed by atoms with Crippen molar-refractivity contribution in [3.05, 3.63) is 42.6 Å². The highest BCUT2D eigenvalue weighted by molar-refractivity contribution is 6.01. The van der Waals surface area contributed by atoms with Crippen LogP contribution >= 0.6 is 0 Å². The van der Waals surface area contributed by atoms with Gasteiger partial charge in [0.05, 0.1) is 30.8 Å². The molecule has 2 aromatic heterocycles. The molecule has 1 amide bonds. The van der Waals surface area contributed by atoms with Crippen LogP contribution in [0.5, 0.6) is 0 Å². The monoisotopic (exact) mass is 273 g/mol. The first-order valence-corrected chi connectivity index (χ1v) is 6.46. The zero-order valence-corrected chi connectivity index (χ0v) is 10.9. The number of amides is 1. The van der Waals surface area contributed by atoms with Crippen LogP contribution in [0.15, 0.2) is 41.3 Å². The summed E-state index contributed by atoms with van der Waals surface area (Å²) < 4.78 is 12.3. The van der Waals surface area contributed by atoms with E-state index in [0.717, 1.165) is 13.0 Å². The molecule has 1 unspecified atom stereocenters. The van der Waals surface area contributed by atoms with Crippen LogP contribution in [0.3, 0.4) is 0 Å². The van der Waals surface area contributed by atoms with E-state index in [1.54, 1.807) is 30.7 Å². The van der Waals surface area contributed by atoms with E-state index >= 15 is 0 Å². The molecule has 104 valence electrons. The summed E-state index contributed by atoms with van der Waals surface area (Å²) in [7, 11) is 0. The van der Waals surface area contributed by atoms with Gasteiger partial charge >= 0.3 is 0 Å². The number of rotatable bonds is 4. The zero-order valence-electron chi connectivity index (χ0n) is 10.9. The number of hydrogen-bond donors (Lipinski definition) is 1. The van der Waals surface area contributed by atoms with Crippen LogP contribution in [0.2, 0.25) is 0 Å². The van der Waals surface area contributed by atoms with Crippen LogP contribution < -0.4 is 5.32 Å². The predicted molar refractivity (Wildman–Crippen MR) is 73.1 cm³/mol. The van der Waals surface area contributed by atoms with Gasteiger partial charge in [0.25, 0.3) is 0 Å². The first kappa shape index (κ1) is 12.7. The summed E-state index contributed by atoms with van der Waals surface area (Å²) in [5.74, 6) is 0.419. The van der Waals surface area contributed by atoms with Crippen molar-refractivity contribution in [2.75, 3.05) is 18.5 Å². The van der Waals surface area contributed by atoms with Gasteiger partial charge in [-0.05, 0) is 24.6 Å². The maximum Gasteiger partial charge on any atom is 0.248 e. The minimum atomic E-state index is -0.219. The van der Waals surface area contributed by atoms with Crippen molar-refractivity contribution < 1.29 is 13.9 Å². The van der Waals surface area contributed by atoms with Gasteiger partial charge in [-0.25, -0.2) is 0 Å². The van der Waals surface area contributed by atoms with Gasteiger partial charge in [0.15, 0.2) is 0 Å². The van der Waals surface area contributed by atoms with Gasteiger partial charge in [-0.2, -0.15) is 5.10 Å². The second-order valence-corrected chi connectivity index (χ2v) is 4.56. The SMILES string of the molecule is O=C(C=Cc1ccco1)Nc1cnn(C2CCOC2)c1. The Morgan fingerprint density at radius 3 is 3.25 bits per heavy atom. The molecule has 1 saturated heterocycles. The minimum absolute atomic E-state index is 0.219. The largest absolute Gasteiger partial charge is 0.465 e. The van der Waals surface area contributed by atoms with Crippen LogP contribution in [0.25, 0.3) is 6.08 Å². The molecule has 0 bridgehead atoms. The van der Waals surface area contributed by atoms with E-state index in [0.29, 0.717) is 18.1 Å². The highest BCUT2D eigenvalue weighted by atomic mass is 16.5. The molecule has 1 aliphatic heterocycles. The maximum absolute atomic E-state index is 11.7. The number of furan rings is 1. The van der Waals surface area contributed by atoms with Gasteiger partial charge in [-0.1, -0.05) is 0 Å². The van der Waals surface area contributed by atoms with Gasteiger partial charge in [-0.3, -0.25) is 9.48 Å². The number of anilines is 1. The standard InChI is InChI=1S/C14H15N3O3/c18-14(4-3-13-2-1-6-20-13)16-11-8-15-17(9-11)12-5-7-19-10-12/h1-4,6,8-9,12H,5,7,10H2,(H,16,18). The Labute approximate surface area is 116 Å². The molecule has 20 heavy (non-hydrogen) atoms. The number of carbonyl (C=O) groups excluding carboxylic acids is 1. The number of nitrogens with one attached hydrogen (secondary N) is 1. The summed E-state index contributed by atoms with van der Waals surface area (Å²) in [6, 6.07) is 3.81. The van der Waals surface area contributed by atoms with Crippen molar-refractivity contribution in [2.24, 2.45) is 0 Å². The van der Waals surface area contributed by atoms with Crippen molar-refractivity contribution >= 4 is 17.7 Å². The Balaban J connectivity index is 1.58. The Hall–Kier alpha value is -2.34. The molecule has 1 fully saturated rings. The lowest BCUT2D eigenvalue weighted by atomic mass is 10.3. The summed E-state index contributed by atoms with van der Waals surface area (Å²) in [6.45, 7) is 1.44. The number of aromatic nitrogens is 2. The highest BCUT2D eigenvalue weighted by Crippen LogP contribution is 2.19. The first-order chi connectivity index (χ1) is 9.81. The third-order valence-corrected chi connectivity index (χ3v) is 3.09. The van der Waals surface area contributed by atoms with Crippen molar-refractivity contribution in [3.8, 4) is 0 Å². The van der Waals surface area contributed by atoms with Crippen LogP contribution in [0, 0.1) is 0 Å². The molecule has 0 aromatic carbocycles. The van der Waals surface area contributed by atoms with E-state index in [2.05, 4.69) is 10.4 Å². The molecule has 0 saturated carbocycles. The predicted octanol–water partition coefficient (Wildman–Crippen LogP) is 2.09. The molecule has 0 radical (unpaired) electrons. The fraction of sp³-hybridized carbons (Fsp3) is 0.286. The smallest absolute Gasteiger partial charge is 0.248 e. The van der Waals surface area contributed by atoms with E-state index in [-0.39, 0.29) is 11.9 Å². The van der Waals surface area contributed by atoms with E-state index in [1.165, 1.54) is 6.08 Å². The number of carbonyl (C=O) groups is 1. The number of hydrogen-bond acceptors (Lipinski definition) is 4. The molecule has 2 aromatic rings. The lowest BCUT2D eigenvalue weighted by Gasteiger charge is -2.06. The van der Waals surface area contributed by atoms with E-state index < -0.39 is 0 Å². The summed E-state index contributed by atoms with van der Waals surface area (Å²) in [6.07, 6.45) is 9.01. The summed E-state index contributed by atoms with van der Waals surface area (Å²) >= 11 is 0. The van der Waals surface area contributed by atoms with Gasteiger partial charge in [0.2, 0.25) is 5.91 Å². The summed E-state index contributed by atoms with van der Waals surface area (Å²) in [4.78, 5) is 11.7. The average Bonchev–Trinajstić information content (AvgIpc) is 3.18. The Kier molecular flexibility index (Phi) is 3.64. The first-order valence-electron chi connectivity index (χ1n) is 6.46. The second-order valence-electron chi connectivity index (χ2n) is 4.56. The normalized spacial score (nSPS) is 18.7. The summed E-state index contributed by atoms with van der Waals surface area (Å²) in [5, 5.41) is 7.00. The molecule has 6 nitrogen and oxygen atoms in total. The molecule has 0 spiro atoms. The van der Waals surface area contributed by atoms with Gasteiger partial charge in [-0.15, -0.1) is 0 Å². The third-order valence-electron chi connectivity index (χ3n) is 3.09. The van der Waals surface area contributed by atoms with E-state index in [1.807, 2.05) is 10.9 Å². The van der Waals surface area contributed by atoms with Gasteiger partial charge in [0, 0.05) is 18.9 Å². The van der Waals surface area contributed by atoms with Crippen LogP contribution in [-0.4, -0.2) is 28.9 Å². The van der Waals surface area contributed by atoms with Gasteiger partial charge < -0.3 is 14.5 Å². The fourth-order valence-corrected chi connectivity index (χ4v) is 2.06. The maximum atomic E-state index is 11.7. The molecule has 3 rings (SSSR count). The Morgan fingerprint density at radius 1 is 1.55 bits per heavy atom. The Bertz CT molecular complexity index is 595. The van der Waals surface area contributed by atoms with E-state index in [4.69, 9.17) is 9.15 Å². The topological polar surface area (TPSA) is 69.3 Å². The second kappa shape index (κ2) is 5.75. The summed E-state index contributed by atoms with van der Waals surface area (Å²) in [5.41, 5.74) is 0.672. The number of nitrogens with zero attached hydrogens (tertiary/aromatic N) is 2. The lowest BCUT2D eigenvalue weighted by molar-refractivity contribution is -0.111. The Morgan fingerprint density at radius 2 is 2.50 bits per heavy atom. The lowest BCUT2D eigenvalue weighted by Crippen LogP contribution is -2.09. The van der Waals surface area contributed by atoms with Gasteiger partial charge in [0.1, 0.15) is 5.76 Å². The van der Waals surface area contributed by atoms with Crippen molar-refractivity contribution in [1.29, 1.82) is 0 Å². The van der Waals surface area contributed by atoms with E-state index in [9.17, 15) is 4.79 Å². The fourth-order valence-electron chi connectivity index (χ4n) is 2.06. The number of ether oxygens (including phenoxy) is 1. The zero-order chi connectivity index (χ0) is 13.8. The van der Waals surface area contributed by atoms with Crippen molar-refractivity contribution in [3.63, 3.8) is 0 Å². The molecule has 0 aliphatic carbocycles. The minimum Gasteiger partial charge on any atom is -0.465 e. The molecule has 1 atom stereocenters. The molecular formula is C14H15N3O3. The highest BCUT2D eigenvalue weighted by Gasteiger charge is 2.18. The molecular weight excluding hydrogens is 258 g/mol. The van der Waals surface area contributed by atoms with Crippen LogP contribution in [0.4, 0.5) is 5.69 Å². The van der Waals surface area contributed by atoms with Crippen LogP contribution in [0.1, 0.15) is 18.2 Å². The quantitative estimate of drug-likeness (QED) is 0.866. The third kappa shape index (κ3) is 2.97. The van der Waals surface area contributed by atoms with Crippen LogP contribution in [-0.2, 0) is 9.53 Å². The molecule has 3 heterocycles. The molecule has 6 heteroatoms. The molecule has 1 aliphatic rings. The van der Waals surface area contributed by atoms with Crippen molar-refractivity contribution in [1.82, 2.24) is 9.78 Å². The van der Waals surface area contributed by atoms with Crippen molar-refractivity contribution in [2.45, 2.75) is 12.5 Å².